The topological polar surface area (TPSA) is 350 Å². The molecule has 28 heteroatoms. The van der Waals surface area contributed by atoms with Crippen molar-refractivity contribution >= 4 is 74.7 Å². The summed E-state index contributed by atoms with van der Waals surface area (Å²) < 4.78 is 71.5. The number of allylic oxidation sites excluding steroid dienone is 2. The van der Waals surface area contributed by atoms with E-state index >= 15 is 0 Å². The molecule has 434 valence electrons. The molecule has 4 aliphatic rings. The zero-order valence-electron chi connectivity index (χ0n) is 45.8. The number of aromatic carboxylic acids is 1. The maximum atomic E-state index is 13.6. The Kier molecular flexibility index (Phi) is 16.7. The third kappa shape index (κ3) is 12.1. The number of anilines is 2. The first kappa shape index (κ1) is 59.6. The molecule has 1 fully saturated rings. The molecule has 0 bridgehead atoms. The molecule has 0 radical (unpaired) electrons. The quantitative estimate of drug-likeness (QED) is 0.0227. The number of ether oxygens (including phenoxy) is 2. The lowest BCUT2D eigenvalue weighted by Gasteiger charge is -2.43. The number of carbonyl (C=O) groups excluding carboxylic acids is 1. The molecule has 3 aromatic carbocycles. The van der Waals surface area contributed by atoms with E-state index in [4.69, 9.17) is 24.3 Å². The molecule has 25 nitrogen and oxygen atoms in total. The largest absolute Gasteiger partial charge is 0.490 e. The molecular weight excluding hydrogens is 1110 g/mol. The van der Waals surface area contributed by atoms with Crippen LogP contribution < -0.4 is 35.8 Å². The molecule has 7 atom stereocenters. The molecule has 9 rings (SSSR count). The number of nitrogens with one attached hydrogen (secondary N) is 1. The molecule has 6 heterocycles. The summed E-state index contributed by atoms with van der Waals surface area (Å²) >= 11 is 0. The maximum Gasteiger partial charge on any atom is 0.490 e. The number of nitrogen functional groups attached to an aromatic ring is 1. The van der Waals surface area contributed by atoms with Gasteiger partial charge >= 0.3 is 29.4 Å². The van der Waals surface area contributed by atoms with E-state index < -0.39 is 73.1 Å². The van der Waals surface area contributed by atoms with Gasteiger partial charge < -0.3 is 55.4 Å². The normalized spacial score (nSPS) is 22.0. The van der Waals surface area contributed by atoms with Gasteiger partial charge in [-0.3, -0.25) is 18.4 Å². The number of carboxylic acid groups (broad SMARTS) is 1. The molecule has 0 aliphatic carbocycles. The number of nitrogens with two attached hydrogens (primary N) is 1. The van der Waals surface area contributed by atoms with Crippen LogP contribution in [-0.4, -0.2) is 124 Å². The molecule has 5 aromatic rings. The van der Waals surface area contributed by atoms with E-state index in [0.717, 1.165) is 52.7 Å². The highest BCUT2D eigenvalue weighted by molar-refractivity contribution is 7.66. The van der Waals surface area contributed by atoms with Gasteiger partial charge in [0.05, 0.1) is 36.7 Å². The number of imidazole rings is 1. The number of hydrogen-bond donors (Lipinski definition) is 8. The Bertz CT molecular complexity index is 3720. The van der Waals surface area contributed by atoms with E-state index in [1.54, 1.807) is 12.1 Å². The zero-order chi connectivity index (χ0) is 58.7. The molecule has 4 aliphatic heterocycles. The van der Waals surface area contributed by atoms with Gasteiger partial charge in [0.1, 0.15) is 48.2 Å². The van der Waals surface area contributed by atoms with Gasteiger partial charge in [-0.2, -0.15) is 8.62 Å². The predicted octanol–water partition coefficient (Wildman–Crippen LogP) is 6.17. The molecule has 0 saturated carbocycles. The smallest absolute Gasteiger partial charge is 0.478 e. The summed E-state index contributed by atoms with van der Waals surface area (Å²) in [5, 5.41) is 36.6. The SMILES string of the molecule is CCN1c2cc3c(cc2C(C)=CC1(C)C)C(c1ccc(C(=O)NCCCCCCOP(=O)(O)OP(=O)(O)OP(=O)(O)OC[C@H]2O[C@@H](n4cnc5c(N)ncnc54)[C@H](O)[C@@H]2O)cc1C(=O)O)=c1cc2c(cc1O3)=[N+](CC)C(C)(C)C=C2C. The van der Waals surface area contributed by atoms with Crippen LogP contribution in [-0.2, 0) is 36.1 Å². The number of amides is 1. The van der Waals surface area contributed by atoms with Gasteiger partial charge in [0, 0.05) is 71.7 Å². The van der Waals surface area contributed by atoms with E-state index in [2.05, 4.69) is 118 Å². The first-order chi connectivity index (χ1) is 38.1. The third-order valence-corrected chi connectivity index (χ3v) is 19.0. The van der Waals surface area contributed by atoms with Crippen molar-refractivity contribution in [3.63, 3.8) is 0 Å². The number of aliphatic hydroxyl groups is 2. The lowest BCUT2D eigenvalue weighted by molar-refractivity contribution is -0.0503. The number of carbonyl (C=O) groups is 2. The fourth-order valence-electron chi connectivity index (χ4n) is 11.3. The van der Waals surface area contributed by atoms with Gasteiger partial charge in [-0.05, 0) is 101 Å². The second-order valence-corrected chi connectivity index (χ2v) is 25.9. The minimum atomic E-state index is -5.84. The molecular formula is C53H66N8O17P3+. The van der Waals surface area contributed by atoms with Crippen LogP contribution in [0.5, 0.6) is 11.5 Å². The molecule has 1 saturated heterocycles. The van der Waals surface area contributed by atoms with Crippen molar-refractivity contribution in [1.29, 1.82) is 0 Å². The van der Waals surface area contributed by atoms with E-state index in [0.29, 0.717) is 52.7 Å². The minimum Gasteiger partial charge on any atom is -0.478 e. The van der Waals surface area contributed by atoms with Crippen LogP contribution in [0.15, 0.2) is 67.3 Å². The van der Waals surface area contributed by atoms with Crippen molar-refractivity contribution < 1.29 is 80.4 Å². The van der Waals surface area contributed by atoms with Crippen LogP contribution in [0.1, 0.15) is 130 Å². The number of likely N-dealkylation sites (N-methyl/N-ethyl adjacent to an activating group) is 2. The van der Waals surface area contributed by atoms with Crippen molar-refractivity contribution in [2.75, 3.05) is 43.5 Å². The number of aliphatic hydroxyl groups excluding tert-OH is 2. The maximum absolute atomic E-state index is 13.6. The standard InChI is InChI=1S/C53H65N8O17P3/c1-9-60-38-22-40-36(20-33(38)29(3)24-52(60,5)6)43(37-21-34-30(4)25-53(7,8)61(10-2)39(34)23-41(37)75-40)32-16-15-31(19-35(32)51(65)66)49(64)55-17-13-11-12-14-18-73-79(67,68)77-81(71,72)78-80(69,70)74-26-42-45(62)46(63)50(76-42)59-28-58-44-47(54)56-27-57-48(44)59/h15-16,19-25,27-28,42,45-46,50,62-63H,9-14,17-18,26H2,1-8H3,(H6-,54,55,56,57,64,65,66,67,68,69,70,71,72)/p+1/t42-,45-,46-,50-/m1/s1. The number of benzene rings is 3. The first-order valence-corrected chi connectivity index (χ1v) is 30.7. The zero-order valence-corrected chi connectivity index (χ0v) is 48.5. The molecule has 81 heavy (non-hydrogen) atoms. The van der Waals surface area contributed by atoms with Gasteiger partial charge in [-0.15, -0.1) is 0 Å². The number of carboxylic acids is 1. The van der Waals surface area contributed by atoms with Crippen molar-refractivity contribution in [3.8, 4) is 11.5 Å². The summed E-state index contributed by atoms with van der Waals surface area (Å²) in [4.78, 5) is 71.5. The highest BCUT2D eigenvalue weighted by Crippen LogP contribution is 2.68. The summed E-state index contributed by atoms with van der Waals surface area (Å²) in [6.45, 7) is 17.2. The number of hydrogen-bond acceptors (Lipinski definition) is 18. The number of rotatable bonds is 21. The van der Waals surface area contributed by atoms with Crippen molar-refractivity contribution in [2.24, 2.45) is 0 Å². The molecule has 2 aromatic heterocycles. The summed E-state index contributed by atoms with van der Waals surface area (Å²) in [7, 11) is -16.8. The number of phosphoric ester groups is 2. The Morgan fingerprint density at radius 2 is 1.52 bits per heavy atom. The average Bonchev–Trinajstić information content (AvgIpc) is 3.97. The molecule has 9 N–H and O–H groups in total. The van der Waals surface area contributed by atoms with Gasteiger partial charge in [0.15, 0.2) is 23.2 Å². The van der Waals surface area contributed by atoms with Crippen LogP contribution in [0, 0.1) is 0 Å². The Morgan fingerprint density at radius 1 is 0.815 bits per heavy atom. The van der Waals surface area contributed by atoms with E-state index in [9.17, 15) is 53.3 Å². The fraction of sp³-hybridized carbons (Fsp3) is 0.434. The van der Waals surface area contributed by atoms with E-state index in [1.165, 1.54) is 17.0 Å². The second-order valence-electron chi connectivity index (χ2n) is 21.2. The molecule has 0 spiro atoms. The van der Waals surface area contributed by atoms with Crippen LogP contribution in [0.25, 0.3) is 27.9 Å². The summed E-state index contributed by atoms with van der Waals surface area (Å²) in [6.07, 6.45) is 2.01. The minimum absolute atomic E-state index is 0.0260. The van der Waals surface area contributed by atoms with Crippen molar-refractivity contribution in [1.82, 2.24) is 29.4 Å². The number of fused-ring (bicyclic) bond motifs is 5. The number of unbranched alkanes of at least 4 members (excludes halogenated alkanes) is 3. The Balaban J connectivity index is 0.808. The lowest BCUT2D eigenvalue weighted by atomic mass is 9.83. The van der Waals surface area contributed by atoms with Crippen LogP contribution in [0.2, 0.25) is 0 Å². The first-order valence-electron chi connectivity index (χ1n) is 26.2. The van der Waals surface area contributed by atoms with Crippen LogP contribution in [0.3, 0.4) is 0 Å². The van der Waals surface area contributed by atoms with Crippen molar-refractivity contribution in [2.45, 2.75) is 117 Å². The van der Waals surface area contributed by atoms with Gasteiger partial charge in [0.2, 0.25) is 5.36 Å². The van der Waals surface area contributed by atoms with Gasteiger partial charge in [-0.25, -0.2) is 38.0 Å². The average molecular weight is 1180 g/mol. The lowest BCUT2D eigenvalue weighted by Crippen LogP contribution is -2.49. The monoisotopic (exact) mass is 1180 g/mol. The fourth-order valence-corrected chi connectivity index (χ4v) is 14.8. The summed E-state index contributed by atoms with van der Waals surface area (Å²) in [5.41, 5.74) is 12.5. The van der Waals surface area contributed by atoms with Crippen LogP contribution in [0.4, 0.5) is 11.5 Å². The van der Waals surface area contributed by atoms with E-state index in [-0.39, 0.29) is 52.2 Å². The summed E-state index contributed by atoms with van der Waals surface area (Å²) in [6, 6.07) is 12.9. The Labute approximate surface area is 465 Å². The molecule has 3 unspecified atom stereocenters. The third-order valence-electron chi connectivity index (χ3n) is 14.8. The predicted molar refractivity (Wildman–Crippen MR) is 297 cm³/mol. The highest BCUT2D eigenvalue weighted by Gasteiger charge is 2.48. The van der Waals surface area contributed by atoms with Gasteiger partial charge in [-0.1, -0.05) is 25.0 Å². The number of nitrogens with zero attached hydrogens (tertiary/aromatic N) is 6. The van der Waals surface area contributed by atoms with E-state index in [1.807, 2.05) is 12.1 Å². The summed E-state index contributed by atoms with van der Waals surface area (Å²) in [5.74, 6) is -0.554. The number of phosphoric acid groups is 3. The van der Waals surface area contributed by atoms with Crippen molar-refractivity contribution in [3.05, 3.63) is 111 Å². The Morgan fingerprint density at radius 3 is 2.22 bits per heavy atom. The molecule has 1 amide bonds. The Hall–Kier alpha value is -6.01. The number of aromatic nitrogens is 4. The van der Waals surface area contributed by atoms with Crippen LogP contribution >= 0.6 is 23.5 Å². The highest BCUT2D eigenvalue weighted by atomic mass is 31.3. The second kappa shape index (κ2) is 22.6. The van der Waals surface area contributed by atoms with Gasteiger partial charge in [0.25, 0.3) is 5.91 Å².